The van der Waals surface area contributed by atoms with Crippen LogP contribution in [0.4, 0.5) is 0 Å². The fraction of sp³-hybridized carbons (Fsp3) is 0.889. The zero-order valence-corrected chi connectivity index (χ0v) is 10.8. The van der Waals surface area contributed by atoms with Crippen LogP contribution in [-0.2, 0) is 0 Å². The van der Waals surface area contributed by atoms with Crippen molar-refractivity contribution in [3.05, 3.63) is 6.92 Å². The van der Waals surface area contributed by atoms with Crippen molar-refractivity contribution in [3.63, 3.8) is 0 Å². The molecule has 10 heavy (non-hydrogen) atoms. The molecule has 0 aliphatic rings. The number of hydrogen-bond acceptors (Lipinski definition) is 0. The van der Waals surface area contributed by atoms with Gasteiger partial charge in [-0.2, -0.15) is 0 Å². The van der Waals surface area contributed by atoms with E-state index in [0.29, 0.717) is 0 Å². The van der Waals surface area contributed by atoms with Gasteiger partial charge in [0.1, 0.15) is 0 Å². The van der Waals surface area contributed by atoms with Crippen LogP contribution in [0.1, 0.15) is 45.4 Å². The summed E-state index contributed by atoms with van der Waals surface area (Å²) >= 11 is 1.35. The van der Waals surface area contributed by atoms with Crippen LogP contribution >= 0.6 is 0 Å². The van der Waals surface area contributed by atoms with Gasteiger partial charge >= 0.3 is 27.5 Å². The molecule has 0 N–H and O–H groups in total. The van der Waals surface area contributed by atoms with Gasteiger partial charge in [-0.05, 0) is 0 Å². The van der Waals surface area contributed by atoms with Crippen molar-refractivity contribution < 1.29 is 0 Å². The van der Waals surface area contributed by atoms with Crippen molar-refractivity contribution in [2.45, 2.75) is 50.4 Å². The fourth-order valence-corrected chi connectivity index (χ4v) is 0.780. The molecular weight excluding hydrogens is 227 g/mol. The zero-order valence-electron chi connectivity index (χ0n) is 7.53. The molecule has 3 radical (unpaired) electrons. The Morgan fingerprint density at radius 2 is 1.50 bits per heavy atom. The third-order valence-corrected chi connectivity index (χ3v) is 1.35. The van der Waals surface area contributed by atoms with Crippen molar-refractivity contribution in [1.82, 2.24) is 0 Å². The van der Waals surface area contributed by atoms with Gasteiger partial charge in [-0.25, -0.2) is 0 Å². The van der Waals surface area contributed by atoms with Gasteiger partial charge in [0.05, 0.1) is 0 Å². The maximum atomic E-state index is 3.78. The van der Waals surface area contributed by atoms with E-state index in [1.165, 1.54) is 54.6 Å². The molecule has 0 saturated heterocycles. The molecule has 0 rings (SSSR count). The van der Waals surface area contributed by atoms with Crippen LogP contribution < -0.4 is 0 Å². The Hall–Kier alpha value is 0.799. The molecule has 0 aromatic carbocycles. The van der Waals surface area contributed by atoms with Crippen LogP contribution in [-0.4, -0.2) is 22.5 Å². The van der Waals surface area contributed by atoms with Crippen molar-refractivity contribution in [2.24, 2.45) is 0 Å². The summed E-state index contributed by atoms with van der Waals surface area (Å²) in [5.41, 5.74) is 0. The standard InChI is InChI=1S/C8H17.CH3.Sn.H/c1-3-5-7-8-6-4-2;;;/h1,3-8H2,2H3;1H3;;. The van der Waals surface area contributed by atoms with Crippen LogP contribution in [0.3, 0.4) is 0 Å². The molecule has 0 aromatic rings. The van der Waals surface area contributed by atoms with Crippen LogP contribution in [0.5, 0.6) is 0 Å². The molecule has 0 saturated carbocycles. The fourth-order valence-electron chi connectivity index (χ4n) is 0.780. The molecule has 0 atom stereocenters. The summed E-state index contributed by atoms with van der Waals surface area (Å²) in [6.45, 7) is 6.02. The number of rotatable bonds is 5. The van der Waals surface area contributed by atoms with Crippen molar-refractivity contribution in [3.8, 4) is 0 Å². The molecule has 0 aromatic heterocycles. The number of unbranched alkanes of at least 4 members (excludes halogenated alkanes) is 5. The molecular formula is C9H21Sn. The molecule has 0 spiro atoms. The van der Waals surface area contributed by atoms with Crippen molar-refractivity contribution in [1.29, 1.82) is 0 Å². The Labute approximate surface area is 79.9 Å². The summed E-state index contributed by atoms with van der Waals surface area (Å²) in [5, 5.41) is 0. The van der Waals surface area contributed by atoms with E-state index >= 15 is 0 Å². The molecule has 0 nitrogen and oxygen atoms in total. The van der Waals surface area contributed by atoms with Gasteiger partial charge in [-0.1, -0.05) is 52.4 Å². The van der Waals surface area contributed by atoms with Gasteiger partial charge < -0.3 is 0 Å². The van der Waals surface area contributed by atoms with E-state index in [1.54, 1.807) is 0 Å². The van der Waals surface area contributed by atoms with Crippen LogP contribution in [0.15, 0.2) is 0 Å². The van der Waals surface area contributed by atoms with Crippen molar-refractivity contribution >= 4 is 22.5 Å². The Balaban J connectivity index is 0. The predicted octanol–water partition coefficient (Wildman–Crippen LogP) is 3.12. The van der Waals surface area contributed by atoms with Gasteiger partial charge in [0.25, 0.3) is 0 Å². The average Bonchev–Trinajstić information content (AvgIpc) is 2.02. The summed E-state index contributed by atoms with van der Waals surface area (Å²) in [7, 11) is 0. The molecule has 0 bridgehead atoms. The predicted molar refractivity (Wildman–Crippen MR) is 51.7 cm³/mol. The van der Waals surface area contributed by atoms with Crippen LogP contribution in [0.25, 0.3) is 0 Å². The van der Waals surface area contributed by atoms with Crippen molar-refractivity contribution in [2.75, 3.05) is 0 Å². The van der Waals surface area contributed by atoms with Crippen LogP contribution in [0.2, 0.25) is 4.94 Å². The Morgan fingerprint density at radius 1 is 1.00 bits per heavy atom. The Morgan fingerprint density at radius 3 is 1.90 bits per heavy atom. The quantitative estimate of drug-likeness (QED) is 0.518. The first-order valence-electron chi connectivity index (χ1n) is 4.28. The second-order valence-corrected chi connectivity index (χ2v) is 2.27. The molecule has 0 amide bonds. The second kappa shape index (κ2) is 16.4. The molecule has 0 aliphatic carbocycles. The van der Waals surface area contributed by atoms with Gasteiger partial charge in [0, 0.05) is 0 Å². The Bertz CT molecular complexity index is 29.7. The van der Waals surface area contributed by atoms with E-state index in [4.69, 9.17) is 0 Å². The average molecular weight is 248 g/mol. The minimum atomic E-state index is 1.11. The van der Waals surface area contributed by atoms with E-state index in [0.717, 1.165) is 6.42 Å². The summed E-state index contributed by atoms with van der Waals surface area (Å²) in [6, 6.07) is 0. The van der Waals surface area contributed by atoms with E-state index in [-0.39, 0.29) is 0 Å². The molecule has 0 heterocycles. The number of hydrogen-bond donors (Lipinski definition) is 0. The van der Waals surface area contributed by atoms with Gasteiger partial charge in [0.2, 0.25) is 0 Å². The first-order chi connectivity index (χ1) is 4.91. The Kier molecular flexibility index (Phi) is 22.0. The first kappa shape index (κ1) is 13.4. The molecule has 0 fully saturated rings. The second-order valence-electron chi connectivity index (χ2n) is 2.27. The van der Waals surface area contributed by atoms with E-state index in [1.807, 2.05) is 0 Å². The van der Waals surface area contributed by atoms with Gasteiger partial charge in [-0.15, -0.1) is 0 Å². The molecule has 1 heteroatoms. The topological polar surface area (TPSA) is 0 Å². The first-order valence-corrected chi connectivity index (χ1v) is 7.58. The summed E-state index contributed by atoms with van der Waals surface area (Å²) in [5.74, 6) is 0. The van der Waals surface area contributed by atoms with Gasteiger partial charge in [-0.3, -0.25) is 0 Å². The third-order valence-electron chi connectivity index (χ3n) is 1.35. The van der Waals surface area contributed by atoms with Crippen LogP contribution in [0, 0.1) is 6.92 Å². The van der Waals surface area contributed by atoms with Gasteiger partial charge in [0.15, 0.2) is 0 Å². The molecule has 61 valence electrons. The summed E-state index contributed by atoms with van der Waals surface area (Å²) in [6.07, 6.45) is 7.98. The monoisotopic (exact) mass is 249 g/mol. The normalized spacial score (nSPS) is 8.40. The summed E-state index contributed by atoms with van der Waals surface area (Å²) < 4.78 is 0. The summed E-state index contributed by atoms with van der Waals surface area (Å²) in [4.78, 5) is 2.13. The molecule has 0 aliphatic heterocycles. The maximum absolute atomic E-state index is 3.78. The molecule has 0 unspecified atom stereocenters. The zero-order chi connectivity index (χ0) is 8.24. The SMILES string of the molecule is [CH2]CCCCCCC.[CH3][SnH]. The van der Waals surface area contributed by atoms with E-state index in [2.05, 4.69) is 18.8 Å². The minimum absolute atomic E-state index is 1.11. The third kappa shape index (κ3) is 15.9. The van der Waals surface area contributed by atoms with E-state index < -0.39 is 0 Å². The van der Waals surface area contributed by atoms with E-state index in [9.17, 15) is 0 Å².